The largest absolute Gasteiger partial charge is 0.396 e. The van der Waals surface area contributed by atoms with Gasteiger partial charge in [0.1, 0.15) is 0 Å². The third kappa shape index (κ3) is 1.46. The number of aryl methyl sites for hydroxylation is 1. The summed E-state index contributed by atoms with van der Waals surface area (Å²) in [5.74, 6) is 0. The molecule has 0 atom stereocenters. The number of hydrogen-bond donors (Lipinski definition) is 1. The first-order chi connectivity index (χ1) is 6.81. The molecule has 2 heterocycles. The molecule has 0 fully saturated rings. The summed E-state index contributed by atoms with van der Waals surface area (Å²) in [6, 6.07) is 3.82. The van der Waals surface area contributed by atoms with Gasteiger partial charge in [0.05, 0.1) is 29.5 Å². The van der Waals surface area contributed by atoms with Gasteiger partial charge >= 0.3 is 0 Å². The van der Waals surface area contributed by atoms with Gasteiger partial charge in [-0.1, -0.05) is 6.92 Å². The summed E-state index contributed by atoms with van der Waals surface area (Å²) in [6.45, 7) is 2.03. The third-order valence-corrected chi connectivity index (χ3v) is 2.07. The van der Waals surface area contributed by atoms with Crippen LogP contribution in [0, 0.1) is 0 Å². The molecule has 0 amide bonds. The van der Waals surface area contributed by atoms with Crippen LogP contribution in [-0.2, 0) is 6.42 Å². The molecule has 0 bridgehead atoms. The lowest BCUT2D eigenvalue weighted by Gasteiger charge is -1.97. The monoisotopic (exact) mass is 188 g/mol. The van der Waals surface area contributed by atoms with Crippen molar-refractivity contribution in [1.29, 1.82) is 0 Å². The smallest absolute Gasteiger partial charge is 0.0855 e. The molecule has 2 rings (SSSR count). The van der Waals surface area contributed by atoms with E-state index in [1.54, 1.807) is 17.1 Å². The lowest BCUT2D eigenvalue weighted by Crippen LogP contribution is -1.95. The molecule has 4 nitrogen and oxygen atoms in total. The Morgan fingerprint density at radius 3 is 2.93 bits per heavy atom. The molecule has 14 heavy (non-hydrogen) atoms. The van der Waals surface area contributed by atoms with Gasteiger partial charge in [0.2, 0.25) is 0 Å². The molecule has 72 valence electrons. The van der Waals surface area contributed by atoms with E-state index >= 15 is 0 Å². The molecule has 0 aliphatic carbocycles. The highest BCUT2D eigenvalue weighted by molar-refractivity contribution is 5.43. The second-order valence-corrected chi connectivity index (χ2v) is 3.04. The number of nitrogen functional groups attached to an aromatic ring is 1. The zero-order valence-corrected chi connectivity index (χ0v) is 8.01. The average molecular weight is 188 g/mol. The van der Waals surface area contributed by atoms with Crippen molar-refractivity contribution in [1.82, 2.24) is 14.8 Å². The third-order valence-electron chi connectivity index (χ3n) is 2.07. The van der Waals surface area contributed by atoms with E-state index in [0.29, 0.717) is 0 Å². The molecule has 4 heteroatoms. The Balaban J connectivity index is 2.43. The normalized spacial score (nSPS) is 10.4. The SMILES string of the molecule is CCc1nn(-c2cccnc2)cc1N. The Labute approximate surface area is 82.4 Å². The van der Waals surface area contributed by atoms with Crippen molar-refractivity contribution < 1.29 is 0 Å². The number of anilines is 1. The molecule has 0 aromatic carbocycles. The maximum absolute atomic E-state index is 5.79. The topological polar surface area (TPSA) is 56.7 Å². The highest BCUT2D eigenvalue weighted by Crippen LogP contribution is 2.13. The lowest BCUT2D eigenvalue weighted by atomic mass is 10.3. The number of pyridine rings is 1. The van der Waals surface area contributed by atoms with Gasteiger partial charge in [-0.15, -0.1) is 0 Å². The van der Waals surface area contributed by atoms with Crippen LogP contribution >= 0.6 is 0 Å². The average Bonchev–Trinajstić information content (AvgIpc) is 2.61. The van der Waals surface area contributed by atoms with E-state index in [2.05, 4.69) is 10.1 Å². The highest BCUT2D eigenvalue weighted by atomic mass is 15.3. The molecule has 0 aliphatic heterocycles. The van der Waals surface area contributed by atoms with E-state index in [4.69, 9.17) is 5.73 Å². The minimum atomic E-state index is 0.733. The summed E-state index contributed by atoms with van der Waals surface area (Å²) in [5, 5.41) is 4.35. The van der Waals surface area contributed by atoms with Gasteiger partial charge in [0.15, 0.2) is 0 Å². The molecule has 0 radical (unpaired) electrons. The van der Waals surface area contributed by atoms with Crippen molar-refractivity contribution >= 4 is 5.69 Å². The highest BCUT2D eigenvalue weighted by Gasteiger charge is 2.04. The maximum atomic E-state index is 5.79. The molecule has 0 unspecified atom stereocenters. The summed E-state index contributed by atoms with van der Waals surface area (Å²) >= 11 is 0. The number of aromatic nitrogens is 3. The van der Waals surface area contributed by atoms with Gasteiger partial charge in [0.25, 0.3) is 0 Å². The van der Waals surface area contributed by atoms with E-state index in [-0.39, 0.29) is 0 Å². The number of nitrogens with zero attached hydrogens (tertiary/aromatic N) is 3. The maximum Gasteiger partial charge on any atom is 0.0855 e. The Morgan fingerprint density at radius 1 is 1.50 bits per heavy atom. The Bertz CT molecular complexity index is 419. The van der Waals surface area contributed by atoms with Crippen LogP contribution in [0.15, 0.2) is 30.7 Å². The van der Waals surface area contributed by atoms with Crippen LogP contribution in [0.25, 0.3) is 5.69 Å². The lowest BCUT2D eigenvalue weighted by molar-refractivity contribution is 0.837. The Hall–Kier alpha value is -1.84. The number of hydrogen-bond acceptors (Lipinski definition) is 3. The van der Waals surface area contributed by atoms with E-state index in [9.17, 15) is 0 Å². The zero-order chi connectivity index (χ0) is 9.97. The predicted molar refractivity (Wildman–Crippen MR) is 55.1 cm³/mol. The fourth-order valence-corrected chi connectivity index (χ4v) is 1.32. The summed E-state index contributed by atoms with van der Waals surface area (Å²) in [5.41, 5.74) is 8.37. The van der Waals surface area contributed by atoms with E-state index in [0.717, 1.165) is 23.5 Å². The fraction of sp³-hybridized carbons (Fsp3) is 0.200. The van der Waals surface area contributed by atoms with Crippen LogP contribution in [0.4, 0.5) is 5.69 Å². The van der Waals surface area contributed by atoms with Crippen molar-refractivity contribution in [3.05, 3.63) is 36.4 Å². The predicted octanol–water partition coefficient (Wildman–Crippen LogP) is 1.41. The minimum absolute atomic E-state index is 0.733. The molecule has 2 aromatic heterocycles. The molecule has 0 spiro atoms. The van der Waals surface area contributed by atoms with Crippen molar-refractivity contribution in [3.63, 3.8) is 0 Å². The second kappa shape index (κ2) is 3.49. The first-order valence-corrected chi connectivity index (χ1v) is 4.55. The first kappa shape index (κ1) is 8.74. The standard InChI is InChI=1S/C10H12N4/c1-2-10-9(11)7-14(13-10)8-4-3-5-12-6-8/h3-7H,2,11H2,1H3. The van der Waals surface area contributed by atoms with Gasteiger partial charge in [-0.25, -0.2) is 4.68 Å². The van der Waals surface area contributed by atoms with Crippen LogP contribution in [0.1, 0.15) is 12.6 Å². The summed E-state index contributed by atoms with van der Waals surface area (Å²) in [6.07, 6.45) is 6.15. The van der Waals surface area contributed by atoms with E-state index in [1.165, 1.54) is 0 Å². The Kier molecular flexibility index (Phi) is 2.18. The molecule has 2 aromatic rings. The molecule has 0 saturated heterocycles. The second-order valence-electron chi connectivity index (χ2n) is 3.04. The van der Waals surface area contributed by atoms with E-state index in [1.807, 2.05) is 25.3 Å². The van der Waals surface area contributed by atoms with Crippen LogP contribution in [0.3, 0.4) is 0 Å². The number of nitrogens with two attached hydrogens (primary N) is 1. The van der Waals surface area contributed by atoms with Crippen LogP contribution < -0.4 is 5.73 Å². The summed E-state index contributed by atoms with van der Waals surface area (Å²) in [7, 11) is 0. The van der Waals surface area contributed by atoms with Gasteiger partial charge < -0.3 is 5.73 Å². The van der Waals surface area contributed by atoms with Gasteiger partial charge in [0, 0.05) is 6.20 Å². The fourth-order valence-electron chi connectivity index (χ4n) is 1.32. The molecular formula is C10H12N4. The van der Waals surface area contributed by atoms with Crippen molar-refractivity contribution in [3.8, 4) is 5.69 Å². The number of rotatable bonds is 2. The van der Waals surface area contributed by atoms with Gasteiger partial charge in [-0.2, -0.15) is 5.10 Å². The van der Waals surface area contributed by atoms with Crippen LogP contribution in [0.5, 0.6) is 0 Å². The summed E-state index contributed by atoms with van der Waals surface area (Å²) in [4.78, 5) is 4.02. The zero-order valence-electron chi connectivity index (χ0n) is 8.01. The molecule has 2 N–H and O–H groups in total. The molecule has 0 aliphatic rings. The molecular weight excluding hydrogens is 176 g/mol. The van der Waals surface area contributed by atoms with Crippen LogP contribution in [-0.4, -0.2) is 14.8 Å². The minimum Gasteiger partial charge on any atom is -0.396 e. The van der Waals surface area contributed by atoms with Crippen molar-refractivity contribution in [2.24, 2.45) is 0 Å². The van der Waals surface area contributed by atoms with Gasteiger partial charge in [-0.3, -0.25) is 4.98 Å². The first-order valence-electron chi connectivity index (χ1n) is 4.55. The van der Waals surface area contributed by atoms with Crippen molar-refractivity contribution in [2.75, 3.05) is 5.73 Å². The Morgan fingerprint density at radius 2 is 2.36 bits per heavy atom. The van der Waals surface area contributed by atoms with Gasteiger partial charge in [-0.05, 0) is 18.6 Å². The summed E-state index contributed by atoms with van der Waals surface area (Å²) < 4.78 is 1.75. The quantitative estimate of drug-likeness (QED) is 0.775. The molecule has 0 saturated carbocycles. The van der Waals surface area contributed by atoms with Crippen LogP contribution in [0.2, 0.25) is 0 Å². The van der Waals surface area contributed by atoms with Crippen molar-refractivity contribution in [2.45, 2.75) is 13.3 Å². The van der Waals surface area contributed by atoms with E-state index < -0.39 is 0 Å².